The highest BCUT2D eigenvalue weighted by Crippen LogP contribution is 2.31. The van der Waals surface area contributed by atoms with Gasteiger partial charge >= 0.3 is 0 Å². The van der Waals surface area contributed by atoms with Crippen molar-refractivity contribution in [1.82, 2.24) is 4.72 Å². The number of halogens is 4. The summed E-state index contributed by atoms with van der Waals surface area (Å²) in [7, 11) is 5.82. The molecule has 0 unspecified atom stereocenters. The SMILES string of the molecule is C[N+](C)(C)CCNSc1c(F)c(F)c(N)c(F)c1F. The quantitative estimate of drug-likeness (QED) is 0.218. The Hall–Kier alpha value is -0.990. The van der Waals surface area contributed by atoms with Crippen molar-refractivity contribution >= 4 is 17.6 Å². The second-order valence-electron chi connectivity index (χ2n) is 5.01. The van der Waals surface area contributed by atoms with Gasteiger partial charge in [-0.1, -0.05) is 0 Å². The van der Waals surface area contributed by atoms with Gasteiger partial charge in [0.2, 0.25) is 0 Å². The lowest BCUT2D eigenvalue weighted by Crippen LogP contribution is -2.39. The summed E-state index contributed by atoms with van der Waals surface area (Å²) in [5.41, 5.74) is 3.75. The van der Waals surface area contributed by atoms with Crippen LogP contribution < -0.4 is 10.5 Å². The van der Waals surface area contributed by atoms with Gasteiger partial charge in [0, 0.05) is 0 Å². The van der Waals surface area contributed by atoms with Crippen molar-refractivity contribution in [2.75, 3.05) is 40.0 Å². The van der Waals surface area contributed by atoms with E-state index in [1.54, 1.807) is 0 Å². The molecule has 3 N–H and O–H groups in total. The van der Waals surface area contributed by atoms with Gasteiger partial charge in [-0.25, -0.2) is 17.6 Å². The van der Waals surface area contributed by atoms with E-state index in [1.165, 1.54) is 0 Å². The van der Waals surface area contributed by atoms with Crippen molar-refractivity contribution in [3.8, 4) is 0 Å². The number of nitrogens with zero attached hydrogens (tertiary/aromatic N) is 1. The molecule has 0 fully saturated rings. The smallest absolute Gasteiger partial charge is 0.186 e. The van der Waals surface area contributed by atoms with Gasteiger partial charge in [0.05, 0.1) is 34.2 Å². The lowest BCUT2D eigenvalue weighted by atomic mass is 10.2. The van der Waals surface area contributed by atoms with Gasteiger partial charge in [0.1, 0.15) is 10.6 Å². The van der Waals surface area contributed by atoms with Crippen molar-refractivity contribution in [2.24, 2.45) is 0 Å². The number of likely N-dealkylation sites (N-methyl/N-ethyl adjacent to an activating group) is 1. The van der Waals surface area contributed by atoms with Crippen molar-refractivity contribution in [1.29, 1.82) is 0 Å². The van der Waals surface area contributed by atoms with Crippen LogP contribution in [0.4, 0.5) is 23.2 Å². The number of nitrogen functional groups attached to an aromatic ring is 1. The Morgan fingerprint density at radius 3 is 1.89 bits per heavy atom. The predicted molar refractivity (Wildman–Crippen MR) is 67.4 cm³/mol. The van der Waals surface area contributed by atoms with Crippen molar-refractivity contribution in [3.05, 3.63) is 23.3 Å². The Bertz CT molecular complexity index is 445. The van der Waals surface area contributed by atoms with Crippen molar-refractivity contribution in [3.63, 3.8) is 0 Å². The number of hydrogen-bond acceptors (Lipinski definition) is 3. The number of hydrogen-bond donors (Lipinski definition) is 2. The van der Waals surface area contributed by atoms with Crippen LogP contribution in [0.5, 0.6) is 0 Å². The monoisotopic (exact) mass is 298 g/mol. The zero-order chi connectivity index (χ0) is 14.8. The van der Waals surface area contributed by atoms with E-state index in [4.69, 9.17) is 5.73 Å². The zero-order valence-corrected chi connectivity index (χ0v) is 11.7. The maximum atomic E-state index is 13.4. The van der Waals surface area contributed by atoms with Crippen LogP contribution in [0.1, 0.15) is 0 Å². The summed E-state index contributed by atoms with van der Waals surface area (Å²) in [6.07, 6.45) is 0. The van der Waals surface area contributed by atoms with Crippen LogP contribution >= 0.6 is 11.9 Å². The third-order valence-electron chi connectivity index (χ3n) is 2.32. The summed E-state index contributed by atoms with van der Waals surface area (Å²) in [5, 5.41) is 0. The molecule has 0 saturated heterocycles. The largest absolute Gasteiger partial charge is 0.394 e. The molecule has 0 bridgehead atoms. The van der Waals surface area contributed by atoms with Crippen LogP contribution in [-0.2, 0) is 0 Å². The molecule has 0 atom stereocenters. The molecular weight excluding hydrogens is 282 g/mol. The minimum absolute atomic E-state index is 0.417. The maximum Gasteiger partial charge on any atom is 0.186 e. The molecule has 0 spiro atoms. The number of benzene rings is 1. The van der Waals surface area contributed by atoms with E-state index >= 15 is 0 Å². The molecule has 0 aliphatic heterocycles. The van der Waals surface area contributed by atoms with Crippen LogP contribution in [0.2, 0.25) is 0 Å². The van der Waals surface area contributed by atoms with Crippen molar-refractivity contribution < 1.29 is 22.0 Å². The first-order valence-corrected chi connectivity index (χ1v) is 6.28. The number of nitrogens with one attached hydrogen (secondary N) is 1. The second-order valence-corrected chi connectivity index (χ2v) is 5.91. The van der Waals surface area contributed by atoms with Gasteiger partial charge in [0.15, 0.2) is 23.3 Å². The molecule has 0 amide bonds. The summed E-state index contributed by atoms with van der Waals surface area (Å²) in [5.74, 6) is -6.12. The Kier molecular flexibility index (Phi) is 5.05. The topological polar surface area (TPSA) is 38.0 Å². The fourth-order valence-electron chi connectivity index (χ4n) is 1.22. The summed E-state index contributed by atoms with van der Waals surface area (Å²) in [4.78, 5) is -0.759. The van der Waals surface area contributed by atoms with E-state index in [-0.39, 0.29) is 0 Å². The highest BCUT2D eigenvalue weighted by molar-refractivity contribution is 7.97. The molecule has 1 aromatic carbocycles. The van der Waals surface area contributed by atoms with Crippen LogP contribution in [-0.4, -0.2) is 38.7 Å². The van der Waals surface area contributed by atoms with Gasteiger partial charge in [-0.05, 0) is 11.9 Å². The molecule has 8 heteroatoms. The van der Waals surface area contributed by atoms with Gasteiger partial charge in [-0.2, -0.15) is 0 Å². The van der Waals surface area contributed by atoms with E-state index in [0.29, 0.717) is 29.5 Å². The summed E-state index contributed by atoms with van der Waals surface area (Å²) in [6.45, 7) is 1.09. The maximum absolute atomic E-state index is 13.4. The number of anilines is 1. The molecule has 108 valence electrons. The molecule has 0 saturated carbocycles. The van der Waals surface area contributed by atoms with E-state index in [1.807, 2.05) is 21.1 Å². The molecule has 1 rings (SSSR count). The number of quaternary nitrogens is 1. The second kappa shape index (κ2) is 5.98. The molecule has 19 heavy (non-hydrogen) atoms. The number of rotatable bonds is 5. The number of nitrogens with two attached hydrogens (primary N) is 1. The molecule has 0 aromatic heterocycles. The minimum Gasteiger partial charge on any atom is -0.394 e. The van der Waals surface area contributed by atoms with Crippen LogP contribution in [0.3, 0.4) is 0 Å². The molecule has 3 nitrogen and oxygen atoms in total. The van der Waals surface area contributed by atoms with Crippen LogP contribution in [0.15, 0.2) is 4.90 Å². The van der Waals surface area contributed by atoms with Crippen LogP contribution in [0.25, 0.3) is 0 Å². The fraction of sp³-hybridized carbons (Fsp3) is 0.455. The average molecular weight is 298 g/mol. The Morgan fingerprint density at radius 2 is 1.47 bits per heavy atom. The molecular formula is C11H16F4N3S+. The van der Waals surface area contributed by atoms with Gasteiger partial charge in [-0.15, -0.1) is 0 Å². The van der Waals surface area contributed by atoms with Crippen molar-refractivity contribution in [2.45, 2.75) is 4.90 Å². The predicted octanol–water partition coefficient (Wildman–Crippen LogP) is 2.13. The zero-order valence-electron chi connectivity index (χ0n) is 10.9. The van der Waals surface area contributed by atoms with Gasteiger partial charge in [-0.3, -0.25) is 4.72 Å². The lowest BCUT2D eigenvalue weighted by molar-refractivity contribution is -0.869. The Labute approximate surface area is 113 Å². The van der Waals surface area contributed by atoms with Crippen LogP contribution in [0, 0.1) is 23.3 Å². The molecule has 0 radical (unpaired) electrons. The Morgan fingerprint density at radius 1 is 1.00 bits per heavy atom. The standard InChI is InChI=1S/C11H16F4N3S/c1-18(2,3)5-4-17-19-11-8(14)6(12)10(16)7(13)9(11)15/h17H,4-5,16H2,1-3H3/q+1. The third-order valence-corrected chi connectivity index (χ3v) is 3.23. The Balaban J connectivity index is 2.80. The summed E-state index contributed by atoms with van der Waals surface area (Å²) >= 11 is 0.506. The summed E-state index contributed by atoms with van der Waals surface area (Å²) in [6, 6.07) is 0. The first-order valence-electron chi connectivity index (χ1n) is 5.46. The summed E-state index contributed by atoms with van der Waals surface area (Å²) < 4.78 is 56.5. The van der Waals surface area contributed by atoms with Gasteiger partial charge < -0.3 is 10.2 Å². The molecule has 1 aromatic rings. The lowest BCUT2D eigenvalue weighted by Gasteiger charge is -2.23. The fourth-order valence-corrected chi connectivity index (χ4v) is 1.92. The van der Waals surface area contributed by atoms with E-state index < -0.39 is 33.9 Å². The molecule has 0 heterocycles. The van der Waals surface area contributed by atoms with E-state index in [9.17, 15) is 17.6 Å². The highest BCUT2D eigenvalue weighted by atomic mass is 32.2. The first kappa shape index (κ1) is 16.1. The molecule has 0 aliphatic carbocycles. The third kappa shape index (κ3) is 3.99. The van der Waals surface area contributed by atoms with E-state index in [2.05, 4.69) is 4.72 Å². The minimum atomic E-state index is -1.57. The average Bonchev–Trinajstić information content (AvgIpc) is 2.32. The highest BCUT2D eigenvalue weighted by Gasteiger charge is 2.24. The normalized spacial score (nSPS) is 11.9. The molecule has 0 aliphatic rings. The van der Waals surface area contributed by atoms with E-state index in [0.717, 1.165) is 0 Å². The first-order chi connectivity index (χ1) is 8.65. The van der Waals surface area contributed by atoms with Gasteiger partial charge in [0.25, 0.3) is 0 Å².